The van der Waals surface area contributed by atoms with Gasteiger partial charge in [0, 0.05) is 12.6 Å². The van der Waals surface area contributed by atoms with Gasteiger partial charge >= 0.3 is 6.09 Å². The van der Waals surface area contributed by atoms with Gasteiger partial charge in [-0.25, -0.2) is 4.79 Å². The predicted octanol–water partition coefficient (Wildman–Crippen LogP) is 2.79. The number of hydrogen-bond acceptors (Lipinski definition) is 4. The van der Waals surface area contributed by atoms with E-state index in [4.69, 9.17) is 9.84 Å². The summed E-state index contributed by atoms with van der Waals surface area (Å²) in [6.07, 6.45) is 1.01. The molecule has 2 N–H and O–H groups in total. The van der Waals surface area contributed by atoms with Crippen molar-refractivity contribution in [1.29, 1.82) is 0 Å². The van der Waals surface area contributed by atoms with Crippen molar-refractivity contribution in [1.82, 2.24) is 15.1 Å². The second-order valence-electron chi connectivity index (χ2n) is 4.45. The summed E-state index contributed by atoms with van der Waals surface area (Å²) in [7, 11) is 0. The number of nitrogens with zero attached hydrogens (tertiary/aromatic N) is 2. The molecular formula is C14H13Br2N3O4. The molecule has 0 atom stereocenters. The van der Waals surface area contributed by atoms with Gasteiger partial charge in [0.2, 0.25) is 0 Å². The SMILES string of the molecule is O=C(O)NCCCOc1cccc(-n2ncc(Br)c(Br)c2=O)c1. The van der Waals surface area contributed by atoms with Gasteiger partial charge in [0.25, 0.3) is 5.56 Å². The number of carboxylic acid groups (broad SMARTS) is 1. The third-order valence-corrected chi connectivity index (χ3v) is 4.70. The Kier molecular flexibility index (Phi) is 6.17. The Morgan fingerprint density at radius 1 is 1.39 bits per heavy atom. The van der Waals surface area contributed by atoms with Gasteiger partial charge in [-0.15, -0.1) is 0 Å². The molecule has 1 amide bonds. The van der Waals surface area contributed by atoms with Crippen molar-refractivity contribution in [2.45, 2.75) is 6.42 Å². The first-order chi connectivity index (χ1) is 11.0. The van der Waals surface area contributed by atoms with E-state index in [2.05, 4.69) is 42.3 Å². The molecule has 0 fully saturated rings. The lowest BCUT2D eigenvalue weighted by molar-refractivity contribution is 0.193. The van der Waals surface area contributed by atoms with Gasteiger partial charge in [0.05, 0.1) is 23.0 Å². The van der Waals surface area contributed by atoms with Crippen LogP contribution in [0.1, 0.15) is 6.42 Å². The Bertz CT molecular complexity index is 764. The smallest absolute Gasteiger partial charge is 0.404 e. The van der Waals surface area contributed by atoms with E-state index in [-0.39, 0.29) is 5.56 Å². The number of carbonyl (C=O) groups is 1. The van der Waals surface area contributed by atoms with E-state index in [0.717, 1.165) is 0 Å². The van der Waals surface area contributed by atoms with Crippen LogP contribution < -0.4 is 15.6 Å². The van der Waals surface area contributed by atoms with E-state index in [1.165, 1.54) is 10.9 Å². The van der Waals surface area contributed by atoms with Crippen molar-refractivity contribution in [3.05, 3.63) is 49.8 Å². The number of hydrogen-bond donors (Lipinski definition) is 2. The predicted molar refractivity (Wildman–Crippen MR) is 91.4 cm³/mol. The number of aromatic nitrogens is 2. The monoisotopic (exact) mass is 445 g/mol. The van der Waals surface area contributed by atoms with E-state index < -0.39 is 6.09 Å². The molecule has 0 saturated carbocycles. The molecule has 0 spiro atoms. The molecule has 7 nitrogen and oxygen atoms in total. The minimum Gasteiger partial charge on any atom is -0.493 e. The minimum absolute atomic E-state index is 0.290. The number of nitrogens with one attached hydrogen (secondary N) is 1. The first-order valence-electron chi connectivity index (χ1n) is 6.62. The van der Waals surface area contributed by atoms with Gasteiger partial charge in [-0.2, -0.15) is 9.78 Å². The van der Waals surface area contributed by atoms with Crippen molar-refractivity contribution >= 4 is 38.0 Å². The second-order valence-corrected chi connectivity index (χ2v) is 6.10. The van der Waals surface area contributed by atoms with Crippen molar-refractivity contribution in [2.75, 3.05) is 13.2 Å². The highest BCUT2D eigenvalue weighted by molar-refractivity contribution is 9.13. The highest BCUT2D eigenvalue weighted by Crippen LogP contribution is 2.19. The van der Waals surface area contributed by atoms with Crippen molar-refractivity contribution < 1.29 is 14.6 Å². The average molecular weight is 447 g/mol. The number of ether oxygens (including phenoxy) is 1. The Hall–Kier alpha value is -1.87. The number of benzene rings is 1. The number of amides is 1. The highest BCUT2D eigenvalue weighted by Gasteiger charge is 2.09. The maximum absolute atomic E-state index is 12.2. The van der Waals surface area contributed by atoms with E-state index in [1.807, 2.05) is 0 Å². The fraction of sp³-hybridized carbons (Fsp3) is 0.214. The van der Waals surface area contributed by atoms with Gasteiger partial charge in [0.15, 0.2) is 0 Å². The van der Waals surface area contributed by atoms with E-state index in [1.54, 1.807) is 24.3 Å². The molecule has 0 aliphatic heterocycles. The normalized spacial score (nSPS) is 10.3. The quantitative estimate of drug-likeness (QED) is 0.665. The van der Waals surface area contributed by atoms with Gasteiger partial charge in [-0.3, -0.25) is 4.79 Å². The molecule has 9 heteroatoms. The topological polar surface area (TPSA) is 93.4 Å². The number of halogens is 2. The fourth-order valence-corrected chi connectivity index (χ4v) is 2.29. The molecular weight excluding hydrogens is 434 g/mol. The fourth-order valence-electron chi connectivity index (χ4n) is 1.76. The molecule has 0 aliphatic rings. The minimum atomic E-state index is -1.06. The molecule has 0 radical (unpaired) electrons. The van der Waals surface area contributed by atoms with Crippen molar-refractivity contribution in [3.63, 3.8) is 0 Å². The number of rotatable bonds is 6. The molecule has 0 aliphatic carbocycles. The zero-order valence-electron chi connectivity index (χ0n) is 11.8. The van der Waals surface area contributed by atoms with Crippen LogP contribution in [-0.4, -0.2) is 34.1 Å². The first kappa shape index (κ1) is 17.5. The largest absolute Gasteiger partial charge is 0.493 e. The average Bonchev–Trinajstić information content (AvgIpc) is 2.52. The van der Waals surface area contributed by atoms with Gasteiger partial charge in [-0.1, -0.05) is 6.07 Å². The van der Waals surface area contributed by atoms with Crippen LogP contribution in [0.3, 0.4) is 0 Å². The molecule has 122 valence electrons. The van der Waals surface area contributed by atoms with Crippen molar-refractivity contribution in [2.24, 2.45) is 0 Å². The van der Waals surface area contributed by atoms with Crippen LogP contribution >= 0.6 is 31.9 Å². The van der Waals surface area contributed by atoms with Gasteiger partial charge in [-0.05, 0) is 50.4 Å². The van der Waals surface area contributed by atoms with Crippen LogP contribution in [0.25, 0.3) is 5.69 Å². The Labute approximate surface area is 148 Å². The molecule has 23 heavy (non-hydrogen) atoms. The molecule has 0 saturated heterocycles. The van der Waals surface area contributed by atoms with Crippen LogP contribution in [0.2, 0.25) is 0 Å². The zero-order chi connectivity index (χ0) is 16.8. The van der Waals surface area contributed by atoms with Crippen LogP contribution in [0.5, 0.6) is 5.75 Å². The second kappa shape index (κ2) is 8.11. The molecule has 2 aromatic rings. The molecule has 0 unspecified atom stereocenters. The van der Waals surface area contributed by atoms with Gasteiger partial charge in [0.1, 0.15) is 10.2 Å². The van der Waals surface area contributed by atoms with Crippen LogP contribution in [-0.2, 0) is 0 Å². The molecule has 1 heterocycles. The maximum atomic E-state index is 12.2. The van der Waals surface area contributed by atoms with Crippen molar-refractivity contribution in [3.8, 4) is 11.4 Å². The third kappa shape index (κ3) is 4.80. The van der Waals surface area contributed by atoms with Crippen LogP contribution in [0.4, 0.5) is 4.79 Å². The lowest BCUT2D eigenvalue weighted by Crippen LogP contribution is -2.23. The molecule has 2 rings (SSSR count). The zero-order valence-corrected chi connectivity index (χ0v) is 15.0. The molecule has 1 aromatic carbocycles. The highest BCUT2D eigenvalue weighted by atomic mass is 79.9. The summed E-state index contributed by atoms with van der Waals surface area (Å²) in [5.74, 6) is 0.575. The standard InChI is InChI=1S/C14H13Br2N3O4/c15-11-8-18-19(13(20)12(11)16)9-3-1-4-10(7-9)23-6-2-5-17-14(21)22/h1,3-4,7-8,17H,2,5-6H2,(H,21,22). The summed E-state index contributed by atoms with van der Waals surface area (Å²) in [6, 6.07) is 6.95. The third-order valence-electron chi connectivity index (χ3n) is 2.80. The first-order valence-corrected chi connectivity index (χ1v) is 8.21. The lowest BCUT2D eigenvalue weighted by atomic mass is 10.3. The lowest BCUT2D eigenvalue weighted by Gasteiger charge is -2.09. The maximum Gasteiger partial charge on any atom is 0.404 e. The summed E-state index contributed by atoms with van der Waals surface area (Å²) in [5, 5.41) is 14.8. The molecule has 0 bridgehead atoms. The van der Waals surface area contributed by atoms with E-state index in [9.17, 15) is 9.59 Å². The molecule has 1 aromatic heterocycles. The summed E-state index contributed by atoms with van der Waals surface area (Å²) >= 11 is 6.44. The summed E-state index contributed by atoms with van der Waals surface area (Å²) < 4.78 is 7.77. The van der Waals surface area contributed by atoms with E-state index in [0.29, 0.717) is 40.0 Å². The summed E-state index contributed by atoms with van der Waals surface area (Å²) in [6.45, 7) is 0.672. The Balaban J connectivity index is 2.07. The Morgan fingerprint density at radius 3 is 2.91 bits per heavy atom. The Morgan fingerprint density at radius 2 is 2.17 bits per heavy atom. The summed E-state index contributed by atoms with van der Waals surface area (Å²) in [4.78, 5) is 22.5. The van der Waals surface area contributed by atoms with Crippen LogP contribution in [0, 0.1) is 0 Å². The van der Waals surface area contributed by atoms with E-state index >= 15 is 0 Å². The van der Waals surface area contributed by atoms with Crippen LogP contribution in [0.15, 0.2) is 44.2 Å². The van der Waals surface area contributed by atoms with Gasteiger partial charge < -0.3 is 15.2 Å². The summed E-state index contributed by atoms with van der Waals surface area (Å²) in [5.41, 5.74) is 0.284.